The number of hydrogen-bond acceptors (Lipinski definition) is 3. The first-order chi connectivity index (χ1) is 8.88. The molecule has 1 fully saturated rings. The molecule has 0 saturated carbocycles. The molecule has 0 unspecified atom stereocenters. The van der Waals surface area contributed by atoms with Crippen LogP contribution in [0.4, 0.5) is 0 Å². The molecule has 0 aromatic heterocycles. The molecule has 108 valence electrons. The normalized spacial score (nSPS) is 16.4. The largest absolute Gasteiger partial charge is 0.353 e. The molecule has 1 aliphatic heterocycles. The van der Waals surface area contributed by atoms with Gasteiger partial charge in [0, 0.05) is 38.3 Å². The van der Waals surface area contributed by atoms with Gasteiger partial charge in [-0.2, -0.15) is 0 Å². The molecule has 19 heavy (non-hydrogen) atoms. The van der Waals surface area contributed by atoms with E-state index in [1.165, 1.54) is 0 Å². The van der Waals surface area contributed by atoms with E-state index in [0.29, 0.717) is 19.6 Å². The van der Waals surface area contributed by atoms with Crippen molar-refractivity contribution < 1.29 is 9.59 Å². The van der Waals surface area contributed by atoms with Crippen LogP contribution < -0.4 is 5.32 Å². The van der Waals surface area contributed by atoms with Crippen LogP contribution in [0.25, 0.3) is 0 Å². The molecule has 0 aromatic carbocycles. The number of carbonyl (C=O) groups is 2. The van der Waals surface area contributed by atoms with Gasteiger partial charge in [0.15, 0.2) is 0 Å². The number of piperazine rings is 1. The summed E-state index contributed by atoms with van der Waals surface area (Å²) in [5.41, 5.74) is 1.02. The number of nitrogens with zero attached hydrogens (tertiary/aromatic N) is 2. The predicted molar refractivity (Wildman–Crippen MR) is 75.7 cm³/mol. The van der Waals surface area contributed by atoms with Crippen molar-refractivity contribution in [3.8, 4) is 0 Å². The number of amides is 2. The number of carbonyl (C=O) groups excluding carboxylic acids is 2. The van der Waals surface area contributed by atoms with Crippen molar-refractivity contribution >= 4 is 11.8 Å². The highest BCUT2D eigenvalue weighted by molar-refractivity contribution is 5.88. The Labute approximate surface area is 115 Å². The van der Waals surface area contributed by atoms with Crippen LogP contribution in [0.1, 0.15) is 27.7 Å². The Morgan fingerprint density at radius 2 is 1.74 bits per heavy atom. The van der Waals surface area contributed by atoms with Crippen LogP contribution in [0.3, 0.4) is 0 Å². The summed E-state index contributed by atoms with van der Waals surface area (Å²) in [6.07, 6.45) is 1.67. The van der Waals surface area contributed by atoms with Gasteiger partial charge >= 0.3 is 0 Å². The summed E-state index contributed by atoms with van der Waals surface area (Å²) in [6.45, 7) is 11.1. The predicted octanol–water partition coefficient (Wildman–Crippen LogP) is 0.621. The highest BCUT2D eigenvalue weighted by Gasteiger charge is 2.21. The summed E-state index contributed by atoms with van der Waals surface area (Å²) in [6, 6.07) is 0.174. The maximum atomic E-state index is 11.8. The molecule has 0 bridgehead atoms. The topological polar surface area (TPSA) is 52.7 Å². The minimum atomic E-state index is 0.0547. The molecule has 1 N–H and O–H groups in total. The van der Waals surface area contributed by atoms with Gasteiger partial charge in [-0.25, -0.2) is 0 Å². The van der Waals surface area contributed by atoms with Gasteiger partial charge in [-0.05, 0) is 27.7 Å². The van der Waals surface area contributed by atoms with Crippen LogP contribution in [0, 0.1) is 0 Å². The second-order valence-corrected chi connectivity index (χ2v) is 5.55. The number of nitrogens with one attached hydrogen (secondary N) is 1. The second kappa shape index (κ2) is 7.28. The van der Waals surface area contributed by atoms with Crippen molar-refractivity contribution in [1.82, 2.24) is 15.1 Å². The Kier molecular flexibility index (Phi) is 6.02. The van der Waals surface area contributed by atoms with Gasteiger partial charge in [-0.1, -0.05) is 5.57 Å². The van der Waals surface area contributed by atoms with E-state index in [1.807, 2.05) is 32.6 Å². The van der Waals surface area contributed by atoms with Crippen molar-refractivity contribution in [3.63, 3.8) is 0 Å². The van der Waals surface area contributed by atoms with E-state index in [-0.39, 0.29) is 17.9 Å². The molecule has 5 heteroatoms. The van der Waals surface area contributed by atoms with Crippen LogP contribution in [0.2, 0.25) is 0 Å². The monoisotopic (exact) mass is 267 g/mol. The van der Waals surface area contributed by atoms with Gasteiger partial charge in [-0.15, -0.1) is 0 Å². The lowest BCUT2D eigenvalue weighted by Crippen LogP contribution is -2.51. The van der Waals surface area contributed by atoms with Gasteiger partial charge < -0.3 is 10.2 Å². The average Bonchev–Trinajstić information content (AvgIpc) is 2.27. The Hall–Kier alpha value is -1.36. The van der Waals surface area contributed by atoms with Gasteiger partial charge in [0.25, 0.3) is 0 Å². The van der Waals surface area contributed by atoms with Crippen LogP contribution in [0.15, 0.2) is 11.6 Å². The summed E-state index contributed by atoms with van der Waals surface area (Å²) in [7, 11) is 0. The zero-order valence-corrected chi connectivity index (χ0v) is 12.4. The van der Waals surface area contributed by atoms with E-state index >= 15 is 0 Å². The molecule has 0 spiro atoms. The Bertz CT molecular complexity index is 352. The van der Waals surface area contributed by atoms with Crippen molar-refractivity contribution in [2.75, 3.05) is 32.7 Å². The lowest BCUT2D eigenvalue weighted by atomic mass is 10.2. The van der Waals surface area contributed by atoms with Gasteiger partial charge in [0.05, 0.1) is 6.54 Å². The van der Waals surface area contributed by atoms with E-state index in [2.05, 4.69) is 10.2 Å². The summed E-state index contributed by atoms with van der Waals surface area (Å²) < 4.78 is 0. The Balaban J connectivity index is 2.35. The molecule has 1 saturated heterocycles. The lowest BCUT2D eigenvalue weighted by Gasteiger charge is -2.34. The summed E-state index contributed by atoms with van der Waals surface area (Å²) in [5, 5.41) is 2.88. The molecule has 0 aromatic rings. The minimum absolute atomic E-state index is 0.0547. The van der Waals surface area contributed by atoms with E-state index in [4.69, 9.17) is 0 Å². The second-order valence-electron chi connectivity index (χ2n) is 5.55. The van der Waals surface area contributed by atoms with E-state index in [0.717, 1.165) is 18.7 Å². The third kappa shape index (κ3) is 5.87. The van der Waals surface area contributed by atoms with Crippen LogP contribution >= 0.6 is 0 Å². The van der Waals surface area contributed by atoms with E-state index < -0.39 is 0 Å². The van der Waals surface area contributed by atoms with Crippen molar-refractivity contribution in [1.29, 1.82) is 0 Å². The van der Waals surface area contributed by atoms with Crippen LogP contribution in [-0.2, 0) is 9.59 Å². The van der Waals surface area contributed by atoms with Crippen LogP contribution in [0.5, 0.6) is 0 Å². The van der Waals surface area contributed by atoms with Gasteiger partial charge in [0.2, 0.25) is 11.8 Å². The molecular weight excluding hydrogens is 242 g/mol. The van der Waals surface area contributed by atoms with Crippen LogP contribution in [-0.4, -0.2) is 60.4 Å². The SMILES string of the molecule is CC(C)=CC(=O)N1CCN(CC(=O)NC(C)C)CC1. The number of rotatable bonds is 4. The standard InChI is InChI=1S/C14H25N3O2/c1-11(2)9-14(19)17-7-5-16(6-8-17)10-13(18)15-12(3)4/h9,12H,5-8,10H2,1-4H3,(H,15,18). The Morgan fingerprint density at radius 1 is 1.16 bits per heavy atom. The quantitative estimate of drug-likeness (QED) is 0.760. The smallest absolute Gasteiger partial charge is 0.246 e. The highest BCUT2D eigenvalue weighted by atomic mass is 16.2. The molecular formula is C14H25N3O2. The molecule has 0 atom stereocenters. The molecule has 0 aliphatic carbocycles. The van der Waals surface area contributed by atoms with Crippen molar-refractivity contribution in [2.45, 2.75) is 33.7 Å². The van der Waals surface area contributed by atoms with Crippen molar-refractivity contribution in [3.05, 3.63) is 11.6 Å². The molecule has 5 nitrogen and oxygen atoms in total. The van der Waals surface area contributed by atoms with Gasteiger partial charge in [-0.3, -0.25) is 14.5 Å². The zero-order valence-electron chi connectivity index (χ0n) is 12.4. The molecule has 1 heterocycles. The van der Waals surface area contributed by atoms with Gasteiger partial charge in [0.1, 0.15) is 0 Å². The first-order valence-corrected chi connectivity index (χ1v) is 6.84. The fourth-order valence-corrected chi connectivity index (χ4v) is 2.04. The number of allylic oxidation sites excluding steroid dienone is 1. The highest BCUT2D eigenvalue weighted by Crippen LogP contribution is 2.04. The first kappa shape index (κ1) is 15.7. The summed E-state index contributed by atoms with van der Waals surface area (Å²) in [5.74, 6) is 0.130. The molecule has 1 aliphatic rings. The lowest BCUT2D eigenvalue weighted by molar-refractivity contribution is -0.128. The third-order valence-electron chi connectivity index (χ3n) is 2.91. The summed E-state index contributed by atoms with van der Waals surface area (Å²) >= 11 is 0. The molecule has 0 radical (unpaired) electrons. The molecule has 1 rings (SSSR count). The maximum Gasteiger partial charge on any atom is 0.246 e. The Morgan fingerprint density at radius 3 is 2.21 bits per heavy atom. The molecule has 2 amide bonds. The zero-order chi connectivity index (χ0) is 14.4. The number of hydrogen-bond donors (Lipinski definition) is 1. The average molecular weight is 267 g/mol. The maximum absolute atomic E-state index is 11.8. The third-order valence-corrected chi connectivity index (χ3v) is 2.91. The first-order valence-electron chi connectivity index (χ1n) is 6.84. The fraction of sp³-hybridized carbons (Fsp3) is 0.714. The fourth-order valence-electron chi connectivity index (χ4n) is 2.04. The minimum Gasteiger partial charge on any atom is -0.353 e. The van der Waals surface area contributed by atoms with E-state index in [9.17, 15) is 9.59 Å². The van der Waals surface area contributed by atoms with Crippen molar-refractivity contribution in [2.24, 2.45) is 0 Å². The van der Waals surface area contributed by atoms with E-state index in [1.54, 1.807) is 6.08 Å². The summed E-state index contributed by atoms with van der Waals surface area (Å²) in [4.78, 5) is 27.4.